The molecular formula is C22H26N6O2. The molecule has 0 saturated carbocycles. The second kappa shape index (κ2) is 7.66. The maximum Gasteiger partial charge on any atom is 0.267 e. The first-order valence-electron chi connectivity index (χ1n) is 10.8. The van der Waals surface area contributed by atoms with Crippen molar-refractivity contribution in [1.82, 2.24) is 24.3 Å². The Morgan fingerprint density at radius 2 is 1.93 bits per heavy atom. The molecule has 30 heavy (non-hydrogen) atoms. The number of fused-ring (bicyclic) bond motifs is 2. The molecule has 0 spiro atoms. The van der Waals surface area contributed by atoms with Gasteiger partial charge in [-0.25, -0.2) is 9.67 Å². The van der Waals surface area contributed by atoms with E-state index in [1.165, 1.54) is 0 Å². The standard InChI is InChI=1S/C22H26N6O2/c1-26-21(30)17-6-9-23-13-19(17)24-22(26)27-10-7-15(8-11-27)14-28-20(29)12-16-4-2-3-5-18(16)25-28/h6,9,12-13,15H,2-5,7-8,10-11,14H2,1H3. The van der Waals surface area contributed by atoms with Crippen LogP contribution in [-0.2, 0) is 26.4 Å². The summed E-state index contributed by atoms with van der Waals surface area (Å²) < 4.78 is 3.29. The summed E-state index contributed by atoms with van der Waals surface area (Å²) in [6.07, 6.45) is 9.39. The Balaban J connectivity index is 1.32. The Morgan fingerprint density at radius 1 is 1.13 bits per heavy atom. The molecule has 4 heterocycles. The smallest absolute Gasteiger partial charge is 0.267 e. The minimum atomic E-state index is -0.0515. The van der Waals surface area contributed by atoms with Crippen LogP contribution in [0.2, 0.25) is 0 Å². The van der Waals surface area contributed by atoms with Crippen LogP contribution in [-0.4, -0.2) is 37.4 Å². The quantitative estimate of drug-likeness (QED) is 0.658. The van der Waals surface area contributed by atoms with Gasteiger partial charge in [-0.15, -0.1) is 0 Å². The van der Waals surface area contributed by atoms with Crippen molar-refractivity contribution < 1.29 is 0 Å². The normalized spacial score (nSPS) is 17.3. The van der Waals surface area contributed by atoms with E-state index < -0.39 is 0 Å². The summed E-state index contributed by atoms with van der Waals surface area (Å²) in [6, 6.07) is 3.50. The molecule has 1 fully saturated rings. The van der Waals surface area contributed by atoms with Gasteiger partial charge in [0.05, 0.1) is 22.8 Å². The van der Waals surface area contributed by atoms with Crippen LogP contribution in [0.15, 0.2) is 34.1 Å². The Kier molecular flexibility index (Phi) is 4.84. The minimum Gasteiger partial charge on any atom is -0.342 e. The highest BCUT2D eigenvalue weighted by atomic mass is 16.1. The molecule has 8 heteroatoms. The number of pyridine rings is 1. The molecule has 8 nitrogen and oxygen atoms in total. The van der Waals surface area contributed by atoms with E-state index in [1.54, 1.807) is 40.8 Å². The van der Waals surface area contributed by atoms with Crippen molar-refractivity contribution in [2.75, 3.05) is 18.0 Å². The largest absolute Gasteiger partial charge is 0.342 e. The third-order valence-electron chi connectivity index (χ3n) is 6.46. The molecule has 0 atom stereocenters. The summed E-state index contributed by atoms with van der Waals surface area (Å²) >= 11 is 0. The van der Waals surface area contributed by atoms with Gasteiger partial charge in [-0.05, 0) is 56.1 Å². The molecule has 0 N–H and O–H groups in total. The summed E-state index contributed by atoms with van der Waals surface area (Å²) in [5, 5.41) is 5.26. The molecule has 2 aliphatic rings. The zero-order chi connectivity index (χ0) is 20.7. The van der Waals surface area contributed by atoms with E-state index in [-0.39, 0.29) is 11.1 Å². The fourth-order valence-electron chi connectivity index (χ4n) is 4.69. The van der Waals surface area contributed by atoms with Gasteiger partial charge in [0.25, 0.3) is 11.1 Å². The highest BCUT2D eigenvalue weighted by Crippen LogP contribution is 2.23. The summed E-state index contributed by atoms with van der Waals surface area (Å²) in [4.78, 5) is 36.1. The molecule has 1 aliphatic heterocycles. The maximum absolute atomic E-state index is 12.7. The first-order chi connectivity index (χ1) is 14.6. The van der Waals surface area contributed by atoms with Crippen molar-refractivity contribution in [3.63, 3.8) is 0 Å². The molecule has 5 rings (SSSR count). The van der Waals surface area contributed by atoms with E-state index in [1.807, 2.05) is 0 Å². The van der Waals surface area contributed by atoms with Crippen LogP contribution in [0.5, 0.6) is 0 Å². The van der Waals surface area contributed by atoms with Gasteiger partial charge in [0.15, 0.2) is 0 Å². The lowest BCUT2D eigenvalue weighted by Crippen LogP contribution is -2.40. The van der Waals surface area contributed by atoms with Crippen molar-refractivity contribution >= 4 is 16.9 Å². The highest BCUT2D eigenvalue weighted by Gasteiger charge is 2.24. The first kappa shape index (κ1) is 19.0. The van der Waals surface area contributed by atoms with E-state index in [0.29, 0.717) is 29.3 Å². The molecule has 156 valence electrons. The molecule has 0 bridgehead atoms. The summed E-state index contributed by atoms with van der Waals surface area (Å²) in [7, 11) is 1.77. The third-order valence-corrected chi connectivity index (χ3v) is 6.46. The van der Waals surface area contributed by atoms with Gasteiger partial charge >= 0.3 is 0 Å². The van der Waals surface area contributed by atoms with Gasteiger partial charge in [0.2, 0.25) is 5.95 Å². The number of hydrogen-bond acceptors (Lipinski definition) is 6. The van der Waals surface area contributed by atoms with Crippen molar-refractivity contribution in [3.05, 3.63) is 56.5 Å². The van der Waals surface area contributed by atoms with Gasteiger partial charge in [-0.2, -0.15) is 5.10 Å². The van der Waals surface area contributed by atoms with Crippen LogP contribution in [0, 0.1) is 5.92 Å². The predicted molar refractivity (Wildman–Crippen MR) is 115 cm³/mol. The Hall–Kier alpha value is -3.03. The first-order valence-corrected chi connectivity index (χ1v) is 10.8. The Morgan fingerprint density at radius 3 is 2.77 bits per heavy atom. The molecule has 3 aromatic heterocycles. The average Bonchev–Trinajstić information content (AvgIpc) is 2.77. The monoisotopic (exact) mass is 406 g/mol. The van der Waals surface area contributed by atoms with Crippen molar-refractivity contribution in [3.8, 4) is 0 Å². The lowest BCUT2D eigenvalue weighted by molar-refractivity contribution is 0.329. The van der Waals surface area contributed by atoms with E-state index >= 15 is 0 Å². The summed E-state index contributed by atoms with van der Waals surface area (Å²) in [5.74, 6) is 1.08. The van der Waals surface area contributed by atoms with Crippen molar-refractivity contribution in [1.29, 1.82) is 0 Å². The molecule has 0 unspecified atom stereocenters. The lowest BCUT2D eigenvalue weighted by atomic mass is 9.96. The number of piperidine rings is 1. The zero-order valence-corrected chi connectivity index (χ0v) is 17.3. The van der Waals surface area contributed by atoms with Gasteiger partial charge in [0, 0.05) is 38.9 Å². The Bertz CT molecular complexity index is 1210. The Labute approximate surface area is 174 Å². The second-order valence-electron chi connectivity index (χ2n) is 8.44. The molecule has 3 aromatic rings. The summed E-state index contributed by atoms with van der Waals surface area (Å²) in [5.41, 5.74) is 2.83. The fourth-order valence-corrected chi connectivity index (χ4v) is 4.69. The minimum absolute atomic E-state index is 0.0178. The van der Waals surface area contributed by atoms with E-state index in [4.69, 9.17) is 0 Å². The second-order valence-corrected chi connectivity index (χ2v) is 8.44. The van der Waals surface area contributed by atoms with Crippen LogP contribution >= 0.6 is 0 Å². The third kappa shape index (κ3) is 3.40. The molecule has 0 amide bonds. The SMILES string of the molecule is Cn1c(N2CCC(Cn3nc4c(cc3=O)CCCC4)CC2)nc2cnccc2c1=O. The molecule has 0 radical (unpaired) electrons. The van der Waals surface area contributed by atoms with Gasteiger partial charge in [-0.1, -0.05) is 0 Å². The number of nitrogens with zero attached hydrogens (tertiary/aromatic N) is 6. The number of rotatable bonds is 3. The lowest BCUT2D eigenvalue weighted by Gasteiger charge is -2.33. The van der Waals surface area contributed by atoms with Crippen molar-refractivity contribution in [2.45, 2.75) is 45.1 Å². The van der Waals surface area contributed by atoms with Crippen LogP contribution in [0.3, 0.4) is 0 Å². The van der Waals surface area contributed by atoms with Gasteiger partial charge in [-0.3, -0.25) is 19.1 Å². The molecule has 1 aliphatic carbocycles. The summed E-state index contributed by atoms with van der Waals surface area (Å²) in [6.45, 7) is 2.26. The van der Waals surface area contributed by atoms with Crippen LogP contribution in [0.25, 0.3) is 10.9 Å². The van der Waals surface area contributed by atoms with Crippen molar-refractivity contribution in [2.24, 2.45) is 13.0 Å². The number of aryl methyl sites for hydroxylation is 2. The van der Waals surface area contributed by atoms with Gasteiger partial charge < -0.3 is 4.90 Å². The van der Waals surface area contributed by atoms with Crippen LogP contribution < -0.4 is 16.0 Å². The van der Waals surface area contributed by atoms with Gasteiger partial charge in [0.1, 0.15) is 0 Å². The number of aromatic nitrogens is 5. The van der Waals surface area contributed by atoms with Crippen LogP contribution in [0.1, 0.15) is 36.9 Å². The predicted octanol–water partition coefficient (Wildman–Crippen LogP) is 1.68. The fraction of sp³-hybridized carbons (Fsp3) is 0.500. The van der Waals surface area contributed by atoms with E-state index in [2.05, 4.69) is 20.0 Å². The molecule has 1 saturated heterocycles. The molecule has 0 aromatic carbocycles. The van der Waals surface area contributed by atoms with E-state index in [9.17, 15) is 9.59 Å². The van der Waals surface area contributed by atoms with Crippen LogP contribution in [0.4, 0.5) is 5.95 Å². The van der Waals surface area contributed by atoms with E-state index in [0.717, 1.165) is 62.9 Å². The number of hydrogen-bond donors (Lipinski definition) is 0. The average molecular weight is 406 g/mol. The highest BCUT2D eigenvalue weighted by molar-refractivity contribution is 5.77. The number of anilines is 1. The topological polar surface area (TPSA) is 85.9 Å². The maximum atomic E-state index is 12.7. The molecular weight excluding hydrogens is 380 g/mol. The zero-order valence-electron chi connectivity index (χ0n) is 17.3.